The SMILES string of the molecule is CCOCCn1c(C(=O)CCCCN(C)C)nc2ccccc21. The highest BCUT2D eigenvalue weighted by Gasteiger charge is 2.16. The molecule has 0 bridgehead atoms. The predicted molar refractivity (Wildman–Crippen MR) is 93.0 cm³/mol. The van der Waals surface area contributed by atoms with Crippen molar-refractivity contribution in [2.45, 2.75) is 32.7 Å². The van der Waals surface area contributed by atoms with Gasteiger partial charge in [-0.15, -0.1) is 0 Å². The Balaban J connectivity index is 2.11. The summed E-state index contributed by atoms with van der Waals surface area (Å²) in [5.74, 6) is 0.687. The molecule has 5 nitrogen and oxygen atoms in total. The maximum atomic E-state index is 12.6. The summed E-state index contributed by atoms with van der Waals surface area (Å²) in [5.41, 5.74) is 1.88. The van der Waals surface area contributed by atoms with Crippen molar-refractivity contribution in [3.05, 3.63) is 30.1 Å². The molecule has 1 aromatic heterocycles. The van der Waals surface area contributed by atoms with Gasteiger partial charge in [-0.1, -0.05) is 12.1 Å². The van der Waals surface area contributed by atoms with Crippen molar-refractivity contribution in [1.82, 2.24) is 14.5 Å². The fraction of sp³-hybridized carbons (Fsp3) is 0.556. The summed E-state index contributed by atoms with van der Waals surface area (Å²) in [7, 11) is 4.10. The molecule has 0 aliphatic carbocycles. The second-order valence-electron chi connectivity index (χ2n) is 5.96. The minimum absolute atomic E-state index is 0.122. The summed E-state index contributed by atoms with van der Waals surface area (Å²) < 4.78 is 7.45. The van der Waals surface area contributed by atoms with E-state index in [1.165, 1.54) is 0 Å². The average molecular weight is 317 g/mol. The molecule has 0 unspecified atom stereocenters. The first-order valence-electron chi connectivity index (χ1n) is 8.34. The van der Waals surface area contributed by atoms with Crippen LogP contribution in [0, 0.1) is 0 Å². The minimum Gasteiger partial charge on any atom is -0.380 e. The number of hydrogen-bond acceptors (Lipinski definition) is 4. The second kappa shape index (κ2) is 8.79. The van der Waals surface area contributed by atoms with Crippen molar-refractivity contribution in [3.8, 4) is 0 Å². The van der Waals surface area contributed by atoms with Crippen LogP contribution in [0.15, 0.2) is 24.3 Å². The molecule has 0 aliphatic heterocycles. The fourth-order valence-electron chi connectivity index (χ4n) is 2.64. The largest absolute Gasteiger partial charge is 0.380 e. The first-order chi connectivity index (χ1) is 11.1. The molecule has 126 valence electrons. The number of Topliss-reactive ketones (excluding diaryl/α,β-unsaturated/α-hetero) is 1. The van der Waals surface area contributed by atoms with E-state index in [1.807, 2.05) is 35.8 Å². The zero-order valence-corrected chi connectivity index (χ0v) is 14.4. The van der Waals surface area contributed by atoms with Gasteiger partial charge in [0.25, 0.3) is 0 Å². The normalized spacial score (nSPS) is 11.5. The molecular formula is C18H27N3O2. The number of ether oxygens (including phenoxy) is 1. The molecule has 2 rings (SSSR count). The van der Waals surface area contributed by atoms with Gasteiger partial charge in [0.05, 0.1) is 17.6 Å². The van der Waals surface area contributed by atoms with Gasteiger partial charge < -0.3 is 14.2 Å². The van der Waals surface area contributed by atoms with E-state index in [2.05, 4.69) is 24.0 Å². The van der Waals surface area contributed by atoms with E-state index in [0.29, 0.717) is 32.0 Å². The Kier molecular flexibility index (Phi) is 6.74. The Morgan fingerprint density at radius 1 is 1.26 bits per heavy atom. The van der Waals surface area contributed by atoms with Crippen LogP contribution in [-0.4, -0.2) is 54.1 Å². The first-order valence-corrected chi connectivity index (χ1v) is 8.34. The molecule has 0 N–H and O–H groups in total. The highest BCUT2D eigenvalue weighted by atomic mass is 16.5. The maximum Gasteiger partial charge on any atom is 0.198 e. The first kappa shape index (κ1) is 17.6. The van der Waals surface area contributed by atoms with Crippen molar-refractivity contribution in [2.75, 3.05) is 33.9 Å². The van der Waals surface area contributed by atoms with Gasteiger partial charge in [-0.25, -0.2) is 4.98 Å². The van der Waals surface area contributed by atoms with E-state index in [4.69, 9.17) is 4.74 Å². The molecule has 23 heavy (non-hydrogen) atoms. The van der Waals surface area contributed by atoms with Gasteiger partial charge in [0, 0.05) is 19.6 Å². The average Bonchev–Trinajstić information content (AvgIpc) is 2.90. The summed E-state index contributed by atoms with van der Waals surface area (Å²) >= 11 is 0. The molecule has 0 radical (unpaired) electrons. The summed E-state index contributed by atoms with van der Waals surface area (Å²) in [6, 6.07) is 7.90. The number of carbonyl (C=O) groups is 1. The Bertz CT molecular complexity index is 634. The van der Waals surface area contributed by atoms with E-state index in [9.17, 15) is 4.79 Å². The quantitative estimate of drug-likeness (QED) is 0.499. The number of imidazole rings is 1. The fourth-order valence-corrected chi connectivity index (χ4v) is 2.64. The monoisotopic (exact) mass is 317 g/mol. The Labute approximate surface area is 138 Å². The molecule has 1 heterocycles. The number of fused-ring (bicyclic) bond motifs is 1. The van der Waals surface area contributed by atoms with Crippen LogP contribution < -0.4 is 0 Å². The molecule has 0 amide bonds. The summed E-state index contributed by atoms with van der Waals surface area (Å²) in [6.07, 6.45) is 2.47. The van der Waals surface area contributed by atoms with Crippen LogP contribution in [0.3, 0.4) is 0 Å². The third-order valence-corrected chi connectivity index (χ3v) is 3.83. The molecule has 1 aromatic carbocycles. The Hall–Kier alpha value is -1.72. The van der Waals surface area contributed by atoms with Gasteiger partial charge in [0.1, 0.15) is 0 Å². The van der Waals surface area contributed by atoms with Crippen molar-refractivity contribution >= 4 is 16.8 Å². The summed E-state index contributed by atoms with van der Waals surface area (Å²) in [6.45, 7) is 4.92. The molecule has 0 saturated heterocycles. The van der Waals surface area contributed by atoms with Gasteiger partial charge in [0.15, 0.2) is 11.6 Å². The number of aromatic nitrogens is 2. The van der Waals surface area contributed by atoms with Crippen LogP contribution in [0.5, 0.6) is 0 Å². The Morgan fingerprint density at radius 2 is 2.04 bits per heavy atom. The maximum absolute atomic E-state index is 12.6. The number of hydrogen-bond donors (Lipinski definition) is 0. The number of nitrogens with zero attached hydrogens (tertiary/aromatic N) is 3. The zero-order valence-electron chi connectivity index (χ0n) is 14.4. The summed E-state index contributed by atoms with van der Waals surface area (Å²) in [5, 5.41) is 0. The topological polar surface area (TPSA) is 47.4 Å². The molecule has 2 aromatic rings. The molecule has 0 saturated carbocycles. The van der Waals surface area contributed by atoms with E-state index in [0.717, 1.165) is 30.4 Å². The second-order valence-corrected chi connectivity index (χ2v) is 5.96. The molecule has 5 heteroatoms. The lowest BCUT2D eigenvalue weighted by Gasteiger charge is -2.10. The van der Waals surface area contributed by atoms with Crippen LogP contribution >= 0.6 is 0 Å². The highest BCUT2D eigenvalue weighted by Crippen LogP contribution is 2.18. The van der Waals surface area contributed by atoms with Gasteiger partial charge in [-0.2, -0.15) is 0 Å². The molecular weight excluding hydrogens is 290 g/mol. The Morgan fingerprint density at radius 3 is 2.78 bits per heavy atom. The van der Waals surface area contributed by atoms with Crippen LogP contribution in [0.1, 0.15) is 36.8 Å². The lowest BCUT2D eigenvalue weighted by molar-refractivity contribution is 0.0959. The number of ketones is 1. The zero-order chi connectivity index (χ0) is 16.7. The van der Waals surface area contributed by atoms with Gasteiger partial charge >= 0.3 is 0 Å². The lowest BCUT2D eigenvalue weighted by atomic mass is 10.1. The van der Waals surface area contributed by atoms with E-state index < -0.39 is 0 Å². The predicted octanol–water partition coefficient (Wildman–Crippen LogP) is 2.99. The molecule has 0 spiro atoms. The van der Waals surface area contributed by atoms with Crippen molar-refractivity contribution in [2.24, 2.45) is 0 Å². The molecule has 0 aliphatic rings. The molecule has 0 atom stereocenters. The van der Waals surface area contributed by atoms with Crippen LogP contribution in [0.4, 0.5) is 0 Å². The van der Waals surface area contributed by atoms with E-state index in [-0.39, 0.29) is 5.78 Å². The third kappa shape index (κ3) is 4.88. The molecule has 0 fully saturated rings. The third-order valence-electron chi connectivity index (χ3n) is 3.83. The number of rotatable bonds is 10. The smallest absolute Gasteiger partial charge is 0.198 e. The van der Waals surface area contributed by atoms with Gasteiger partial charge in [0.2, 0.25) is 0 Å². The lowest BCUT2D eigenvalue weighted by Crippen LogP contribution is -2.15. The van der Waals surface area contributed by atoms with E-state index >= 15 is 0 Å². The van der Waals surface area contributed by atoms with Crippen LogP contribution in [0.25, 0.3) is 11.0 Å². The number of unbranched alkanes of at least 4 members (excludes halogenated alkanes) is 1. The van der Waals surface area contributed by atoms with Crippen molar-refractivity contribution in [3.63, 3.8) is 0 Å². The van der Waals surface area contributed by atoms with Crippen LogP contribution in [-0.2, 0) is 11.3 Å². The van der Waals surface area contributed by atoms with Gasteiger partial charge in [-0.3, -0.25) is 4.79 Å². The minimum atomic E-state index is 0.122. The van der Waals surface area contributed by atoms with Crippen LogP contribution in [0.2, 0.25) is 0 Å². The highest BCUT2D eigenvalue weighted by molar-refractivity contribution is 5.96. The van der Waals surface area contributed by atoms with Crippen molar-refractivity contribution < 1.29 is 9.53 Å². The van der Waals surface area contributed by atoms with Crippen molar-refractivity contribution in [1.29, 1.82) is 0 Å². The standard InChI is InChI=1S/C18H27N3O2/c1-4-23-14-13-21-16-10-6-5-9-15(16)19-18(21)17(22)11-7-8-12-20(2)3/h5-6,9-10H,4,7-8,11-14H2,1-3H3. The van der Waals surface area contributed by atoms with E-state index in [1.54, 1.807) is 0 Å². The summed E-state index contributed by atoms with van der Waals surface area (Å²) in [4.78, 5) is 19.3. The number of benzene rings is 1. The number of carbonyl (C=O) groups excluding carboxylic acids is 1. The number of para-hydroxylation sites is 2. The van der Waals surface area contributed by atoms with Gasteiger partial charge in [-0.05, 0) is 52.5 Å².